The Labute approximate surface area is 116 Å². The largest absolute Gasteiger partial charge is 0.393 e. The van der Waals surface area contributed by atoms with Crippen molar-refractivity contribution in [2.75, 3.05) is 0 Å². The van der Waals surface area contributed by atoms with Crippen molar-refractivity contribution in [2.45, 2.75) is 76.9 Å². The molecule has 0 spiro atoms. The Bertz CT molecular complexity index is 302. The highest BCUT2D eigenvalue weighted by Crippen LogP contribution is 2.48. The van der Waals surface area contributed by atoms with E-state index in [9.17, 15) is 15.0 Å². The van der Waals surface area contributed by atoms with Crippen LogP contribution in [0.2, 0.25) is 0 Å². The third-order valence-corrected chi connectivity index (χ3v) is 5.11. The second-order valence-electron chi connectivity index (χ2n) is 6.51. The summed E-state index contributed by atoms with van der Waals surface area (Å²) in [4.78, 5) is 11.4. The molecule has 0 heterocycles. The topological polar surface area (TPSA) is 57.5 Å². The molecule has 0 aliphatic heterocycles. The van der Waals surface area contributed by atoms with Gasteiger partial charge in [0.15, 0.2) is 0 Å². The molecule has 0 amide bonds. The summed E-state index contributed by atoms with van der Waals surface area (Å²) >= 11 is 0. The van der Waals surface area contributed by atoms with E-state index in [1.165, 1.54) is 19.3 Å². The first-order valence-electron chi connectivity index (χ1n) is 8.02. The van der Waals surface area contributed by atoms with Gasteiger partial charge < -0.3 is 10.2 Å². The fraction of sp³-hybridized carbons (Fsp3) is 0.938. The Hall–Kier alpha value is -0.410. The Morgan fingerprint density at radius 3 is 2.68 bits per heavy atom. The lowest BCUT2D eigenvalue weighted by Gasteiger charge is -2.30. The van der Waals surface area contributed by atoms with Crippen molar-refractivity contribution in [2.24, 2.45) is 17.8 Å². The van der Waals surface area contributed by atoms with Gasteiger partial charge >= 0.3 is 0 Å². The molecule has 3 nitrogen and oxygen atoms in total. The van der Waals surface area contributed by atoms with E-state index in [1.807, 2.05) is 0 Å². The van der Waals surface area contributed by atoms with Crippen LogP contribution in [0, 0.1) is 17.8 Å². The van der Waals surface area contributed by atoms with Crippen LogP contribution in [0.4, 0.5) is 0 Å². The van der Waals surface area contributed by atoms with Gasteiger partial charge in [-0.05, 0) is 31.6 Å². The van der Waals surface area contributed by atoms with Crippen molar-refractivity contribution in [3.05, 3.63) is 0 Å². The molecule has 0 bridgehead atoms. The summed E-state index contributed by atoms with van der Waals surface area (Å²) in [5, 5.41) is 20.1. The Morgan fingerprint density at radius 1 is 1.26 bits per heavy atom. The molecule has 3 heteroatoms. The number of carbonyl (C=O) groups excluding carboxylic acids is 1. The van der Waals surface area contributed by atoms with Gasteiger partial charge in [-0.15, -0.1) is 0 Å². The minimum atomic E-state index is -0.296. The molecule has 0 radical (unpaired) electrons. The molecular formula is C16H28O3. The van der Waals surface area contributed by atoms with Crippen molar-refractivity contribution in [1.82, 2.24) is 0 Å². The predicted octanol–water partition coefficient (Wildman–Crippen LogP) is 2.68. The number of hydrogen-bond donors (Lipinski definition) is 2. The Kier molecular flexibility index (Phi) is 5.40. The van der Waals surface area contributed by atoms with Crippen molar-refractivity contribution < 1.29 is 15.0 Å². The van der Waals surface area contributed by atoms with Crippen molar-refractivity contribution in [3.8, 4) is 0 Å². The molecule has 2 aliphatic carbocycles. The van der Waals surface area contributed by atoms with Crippen molar-refractivity contribution >= 4 is 5.78 Å². The highest BCUT2D eigenvalue weighted by atomic mass is 16.3. The zero-order valence-corrected chi connectivity index (χ0v) is 12.1. The summed E-state index contributed by atoms with van der Waals surface area (Å²) in [5.41, 5.74) is 0. The molecule has 0 aromatic carbocycles. The first kappa shape index (κ1) is 15.0. The number of aliphatic hydroxyl groups excluding tert-OH is 2. The maximum Gasteiger partial charge on any atom is 0.136 e. The van der Waals surface area contributed by atoms with E-state index in [0.717, 1.165) is 32.1 Å². The Balaban J connectivity index is 1.61. The van der Waals surface area contributed by atoms with Crippen LogP contribution >= 0.6 is 0 Å². The van der Waals surface area contributed by atoms with Crippen LogP contribution in [0.25, 0.3) is 0 Å². The molecule has 0 aromatic rings. The zero-order valence-electron chi connectivity index (χ0n) is 12.1. The molecule has 2 rings (SSSR count). The van der Waals surface area contributed by atoms with E-state index in [-0.39, 0.29) is 30.0 Å². The molecule has 2 saturated carbocycles. The number of rotatable bonds is 8. The van der Waals surface area contributed by atoms with Crippen molar-refractivity contribution in [1.29, 1.82) is 0 Å². The van der Waals surface area contributed by atoms with Gasteiger partial charge in [0.1, 0.15) is 5.78 Å². The van der Waals surface area contributed by atoms with Crippen LogP contribution in [0.1, 0.15) is 64.7 Å². The van der Waals surface area contributed by atoms with E-state index in [0.29, 0.717) is 12.2 Å². The fourth-order valence-electron chi connectivity index (χ4n) is 3.73. The number of Topliss-reactive ketones (excluding diaryl/α,β-unsaturated/α-hetero) is 1. The quantitative estimate of drug-likeness (QED) is 0.665. The van der Waals surface area contributed by atoms with Crippen molar-refractivity contribution in [3.63, 3.8) is 0 Å². The SMILES string of the molecule is CCCCCCC(O)CCC1CC2C(=O)CC2C1O. The van der Waals surface area contributed by atoms with Gasteiger partial charge in [-0.1, -0.05) is 32.6 Å². The maximum atomic E-state index is 11.4. The van der Waals surface area contributed by atoms with Gasteiger partial charge in [-0.3, -0.25) is 4.79 Å². The van der Waals surface area contributed by atoms with E-state index in [4.69, 9.17) is 0 Å². The molecular weight excluding hydrogens is 240 g/mol. The van der Waals surface area contributed by atoms with E-state index < -0.39 is 0 Å². The number of carbonyl (C=O) groups is 1. The van der Waals surface area contributed by atoms with Crippen LogP contribution in [0.3, 0.4) is 0 Å². The molecule has 2 aliphatic rings. The summed E-state index contributed by atoms with van der Waals surface area (Å²) in [5.74, 6) is 0.958. The molecule has 19 heavy (non-hydrogen) atoms. The Morgan fingerprint density at radius 2 is 2.05 bits per heavy atom. The predicted molar refractivity (Wildman–Crippen MR) is 74.7 cm³/mol. The first-order chi connectivity index (χ1) is 9.13. The van der Waals surface area contributed by atoms with Crippen LogP contribution in [-0.4, -0.2) is 28.2 Å². The average Bonchev–Trinajstić information content (AvgIpc) is 2.64. The number of unbranched alkanes of at least 4 members (excludes halogenated alkanes) is 3. The standard InChI is InChI=1S/C16H28O3/c1-2-3-4-5-6-12(17)8-7-11-9-13-14(16(11)19)10-15(13)18/h11-14,16-17,19H,2-10H2,1H3. The maximum absolute atomic E-state index is 11.4. The summed E-state index contributed by atoms with van der Waals surface area (Å²) < 4.78 is 0. The van der Waals surface area contributed by atoms with E-state index in [2.05, 4.69) is 6.92 Å². The monoisotopic (exact) mass is 268 g/mol. The van der Waals surface area contributed by atoms with Crippen LogP contribution in [-0.2, 0) is 4.79 Å². The normalized spacial score (nSPS) is 35.0. The van der Waals surface area contributed by atoms with Crippen LogP contribution in [0.15, 0.2) is 0 Å². The lowest BCUT2D eigenvalue weighted by Crippen LogP contribution is -2.38. The highest BCUT2D eigenvalue weighted by molar-refractivity contribution is 5.88. The molecule has 2 fully saturated rings. The van der Waals surface area contributed by atoms with Gasteiger partial charge in [-0.2, -0.15) is 0 Å². The van der Waals surface area contributed by atoms with Gasteiger partial charge in [0.05, 0.1) is 12.2 Å². The highest BCUT2D eigenvalue weighted by Gasteiger charge is 2.52. The minimum absolute atomic E-state index is 0.140. The fourth-order valence-corrected chi connectivity index (χ4v) is 3.73. The molecule has 0 saturated heterocycles. The van der Waals surface area contributed by atoms with E-state index in [1.54, 1.807) is 0 Å². The van der Waals surface area contributed by atoms with Gasteiger partial charge in [0, 0.05) is 18.3 Å². The summed E-state index contributed by atoms with van der Waals surface area (Å²) in [7, 11) is 0. The molecule has 5 unspecified atom stereocenters. The lowest BCUT2D eigenvalue weighted by atomic mass is 9.74. The summed E-state index contributed by atoms with van der Waals surface area (Å²) in [6.45, 7) is 2.19. The first-order valence-corrected chi connectivity index (χ1v) is 8.02. The number of hydrogen-bond acceptors (Lipinski definition) is 3. The summed E-state index contributed by atoms with van der Waals surface area (Å²) in [6.07, 6.45) is 8.24. The average molecular weight is 268 g/mol. The third kappa shape index (κ3) is 3.57. The van der Waals surface area contributed by atoms with Gasteiger partial charge in [0.2, 0.25) is 0 Å². The smallest absolute Gasteiger partial charge is 0.136 e. The third-order valence-electron chi connectivity index (χ3n) is 5.11. The zero-order chi connectivity index (χ0) is 13.8. The number of fused-ring (bicyclic) bond motifs is 1. The molecule has 110 valence electrons. The second kappa shape index (κ2) is 6.85. The lowest BCUT2D eigenvalue weighted by molar-refractivity contribution is -0.135. The van der Waals surface area contributed by atoms with E-state index >= 15 is 0 Å². The second-order valence-corrected chi connectivity index (χ2v) is 6.51. The van der Waals surface area contributed by atoms with Crippen LogP contribution in [0.5, 0.6) is 0 Å². The number of ketones is 1. The molecule has 2 N–H and O–H groups in total. The van der Waals surface area contributed by atoms with Gasteiger partial charge in [-0.25, -0.2) is 0 Å². The molecule has 5 atom stereocenters. The number of aliphatic hydroxyl groups is 2. The minimum Gasteiger partial charge on any atom is -0.393 e. The summed E-state index contributed by atoms with van der Waals surface area (Å²) in [6, 6.07) is 0. The van der Waals surface area contributed by atoms with Crippen LogP contribution < -0.4 is 0 Å². The van der Waals surface area contributed by atoms with Gasteiger partial charge in [0.25, 0.3) is 0 Å². The molecule has 0 aromatic heterocycles.